The van der Waals surface area contributed by atoms with Crippen molar-refractivity contribution in [2.24, 2.45) is 5.84 Å². The SMILES string of the molecule is CCN(CCCO)C(=O)c1ccc(NN)c(C(F)(F)F)c1. The molecule has 0 aliphatic heterocycles. The maximum Gasteiger partial charge on any atom is 0.418 e. The van der Waals surface area contributed by atoms with E-state index in [0.29, 0.717) is 13.0 Å². The molecule has 0 aliphatic carbocycles. The number of nitrogens with zero attached hydrogens (tertiary/aromatic N) is 1. The second-order valence-corrected chi connectivity index (χ2v) is 4.36. The molecule has 0 heterocycles. The number of rotatable bonds is 6. The highest BCUT2D eigenvalue weighted by Crippen LogP contribution is 2.35. The van der Waals surface area contributed by atoms with Crippen molar-refractivity contribution in [2.75, 3.05) is 25.1 Å². The van der Waals surface area contributed by atoms with E-state index in [9.17, 15) is 18.0 Å². The Morgan fingerprint density at radius 1 is 1.43 bits per heavy atom. The Bertz CT molecular complexity index is 492. The molecule has 5 nitrogen and oxygen atoms in total. The fourth-order valence-corrected chi connectivity index (χ4v) is 1.89. The van der Waals surface area contributed by atoms with Crippen LogP contribution >= 0.6 is 0 Å². The fourth-order valence-electron chi connectivity index (χ4n) is 1.89. The predicted octanol–water partition coefficient (Wildman–Crippen LogP) is 1.84. The average molecular weight is 305 g/mol. The zero-order valence-corrected chi connectivity index (χ0v) is 11.6. The van der Waals surface area contributed by atoms with E-state index < -0.39 is 17.6 Å². The lowest BCUT2D eigenvalue weighted by atomic mass is 10.1. The van der Waals surface area contributed by atoms with Crippen LogP contribution in [0.4, 0.5) is 18.9 Å². The van der Waals surface area contributed by atoms with E-state index in [1.165, 1.54) is 11.0 Å². The summed E-state index contributed by atoms with van der Waals surface area (Å²) in [6.07, 6.45) is -4.24. The minimum absolute atomic E-state index is 0.0684. The number of nitrogen functional groups attached to an aromatic ring is 1. The van der Waals surface area contributed by atoms with E-state index in [0.717, 1.165) is 12.1 Å². The molecule has 118 valence electrons. The van der Waals surface area contributed by atoms with Gasteiger partial charge in [-0.25, -0.2) is 0 Å². The van der Waals surface area contributed by atoms with Crippen LogP contribution in [0.5, 0.6) is 0 Å². The first-order valence-corrected chi connectivity index (χ1v) is 6.43. The molecule has 8 heteroatoms. The first-order chi connectivity index (χ1) is 9.85. The van der Waals surface area contributed by atoms with Crippen molar-refractivity contribution >= 4 is 11.6 Å². The minimum Gasteiger partial charge on any atom is -0.396 e. The van der Waals surface area contributed by atoms with Gasteiger partial charge in [-0.15, -0.1) is 0 Å². The van der Waals surface area contributed by atoms with Crippen molar-refractivity contribution in [1.82, 2.24) is 4.90 Å². The summed E-state index contributed by atoms with van der Waals surface area (Å²) in [6.45, 7) is 2.25. The zero-order valence-electron chi connectivity index (χ0n) is 11.6. The van der Waals surface area contributed by atoms with Crippen molar-refractivity contribution in [1.29, 1.82) is 0 Å². The van der Waals surface area contributed by atoms with Gasteiger partial charge in [-0.05, 0) is 31.5 Å². The van der Waals surface area contributed by atoms with E-state index in [4.69, 9.17) is 10.9 Å². The van der Waals surface area contributed by atoms with Crippen LogP contribution in [-0.4, -0.2) is 35.6 Å². The molecule has 0 atom stereocenters. The summed E-state index contributed by atoms with van der Waals surface area (Å²) < 4.78 is 38.7. The number of aliphatic hydroxyl groups is 1. The number of anilines is 1. The van der Waals surface area contributed by atoms with Crippen molar-refractivity contribution < 1.29 is 23.1 Å². The molecule has 21 heavy (non-hydrogen) atoms. The van der Waals surface area contributed by atoms with Crippen molar-refractivity contribution in [2.45, 2.75) is 19.5 Å². The minimum atomic E-state index is -4.61. The Hall–Kier alpha value is -1.80. The lowest BCUT2D eigenvalue weighted by Crippen LogP contribution is -2.32. The molecular weight excluding hydrogens is 287 g/mol. The Balaban J connectivity index is 3.10. The van der Waals surface area contributed by atoms with Crippen LogP contribution < -0.4 is 11.3 Å². The number of alkyl halides is 3. The van der Waals surface area contributed by atoms with E-state index in [-0.39, 0.29) is 24.4 Å². The number of hydrogen-bond donors (Lipinski definition) is 3. The van der Waals surface area contributed by atoms with E-state index in [2.05, 4.69) is 0 Å². The first kappa shape index (κ1) is 17.3. The van der Waals surface area contributed by atoms with Gasteiger partial charge in [0, 0.05) is 25.3 Å². The summed E-state index contributed by atoms with van der Waals surface area (Å²) in [7, 11) is 0. The topological polar surface area (TPSA) is 78.6 Å². The average Bonchev–Trinajstić information content (AvgIpc) is 2.46. The number of carbonyl (C=O) groups is 1. The van der Waals surface area contributed by atoms with Gasteiger partial charge in [-0.2, -0.15) is 13.2 Å². The number of hydrazine groups is 1. The molecule has 0 spiro atoms. The molecule has 0 fully saturated rings. The number of halogens is 3. The van der Waals surface area contributed by atoms with Gasteiger partial charge in [0.25, 0.3) is 5.91 Å². The van der Waals surface area contributed by atoms with Gasteiger partial charge in [-0.1, -0.05) is 0 Å². The smallest absolute Gasteiger partial charge is 0.396 e. The molecule has 4 N–H and O–H groups in total. The summed E-state index contributed by atoms with van der Waals surface area (Å²) in [5.74, 6) is 4.54. The van der Waals surface area contributed by atoms with Gasteiger partial charge >= 0.3 is 6.18 Å². The van der Waals surface area contributed by atoms with Gasteiger partial charge in [0.15, 0.2) is 0 Å². The van der Waals surface area contributed by atoms with Crippen LogP contribution in [-0.2, 0) is 6.18 Å². The Labute approximate surface area is 120 Å². The summed E-state index contributed by atoms with van der Waals surface area (Å²) in [5, 5.41) is 8.77. The van der Waals surface area contributed by atoms with E-state index >= 15 is 0 Å². The number of hydrogen-bond acceptors (Lipinski definition) is 4. The number of amides is 1. The lowest BCUT2D eigenvalue weighted by molar-refractivity contribution is -0.137. The quantitative estimate of drug-likeness (QED) is 0.553. The molecule has 0 bridgehead atoms. The van der Waals surface area contributed by atoms with Crippen molar-refractivity contribution in [3.8, 4) is 0 Å². The largest absolute Gasteiger partial charge is 0.418 e. The van der Waals surface area contributed by atoms with Gasteiger partial charge in [0.05, 0.1) is 11.3 Å². The van der Waals surface area contributed by atoms with Crippen LogP contribution in [0.2, 0.25) is 0 Å². The Kier molecular flexibility index (Phi) is 5.98. The highest BCUT2D eigenvalue weighted by molar-refractivity contribution is 5.95. The molecule has 1 rings (SSSR count). The molecule has 0 radical (unpaired) electrons. The third-order valence-corrected chi connectivity index (χ3v) is 2.98. The second kappa shape index (κ2) is 7.28. The molecule has 1 aromatic carbocycles. The monoisotopic (exact) mass is 305 g/mol. The van der Waals surface area contributed by atoms with Gasteiger partial charge in [0.1, 0.15) is 0 Å². The second-order valence-electron chi connectivity index (χ2n) is 4.36. The normalized spacial score (nSPS) is 11.3. The Morgan fingerprint density at radius 3 is 2.57 bits per heavy atom. The molecule has 0 aliphatic rings. The standard InChI is InChI=1S/C13H18F3N3O2/c1-2-19(6-3-7-20)12(21)9-4-5-11(18-17)10(8-9)13(14,15)16/h4-5,8,18,20H,2-3,6-7,17H2,1H3. The number of aliphatic hydroxyl groups excluding tert-OH is 1. The molecule has 0 unspecified atom stereocenters. The number of nitrogens with one attached hydrogen (secondary N) is 1. The molecule has 0 saturated heterocycles. The lowest BCUT2D eigenvalue weighted by Gasteiger charge is -2.21. The van der Waals surface area contributed by atoms with Gasteiger partial charge in [-0.3, -0.25) is 10.6 Å². The fraction of sp³-hybridized carbons (Fsp3) is 0.462. The summed E-state index contributed by atoms with van der Waals surface area (Å²) >= 11 is 0. The molecule has 1 amide bonds. The number of benzene rings is 1. The molecule has 0 saturated carbocycles. The molecule has 1 aromatic rings. The predicted molar refractivity (Wildman–Crippen MR) is 72.5 cm³/mol. The Morgan fingerprint density at radius 2 is 2.10 bits per heavy atom. The third kappa shape index (κ3) is 4.33. The maximum absolute atomic E-state index is 12.9. The van der Waals surface area contributed by atoms with E-state index in [1.54, 1.807) is 6.92 Å². The highest BCUT2D eigenvalue weighted by atomic mass is 19.4. The highest BCUT2D eigenvalue weighted by Gasteiger charge is 2.34. The van der Waals surface area contributed by atoms with Gasteiger partial charge in [0.2, 0.25) is 0 Å². The number of nitrogens with two attached hydrogens (primary N) is 1. The molecule has 0 aromatic heterocycles. The van der Waals surface area contributed by atoms with Crippen LogP contribution in [0, 0.1) is 0 Å². The van der Waals surface area contributed by atoms with Crippen LogP contribution in [0.3, 0.4) is 0 Å². The molecular formula is C13H18F3N3O2. The summed E-state index contributed by atoms with van der Waals surface area (Å²) in [5.41, 5.74) is 0.614. The first-order valence-electron chi connectivity index (χ1n) is 6.43. The third-order valence-electron chi connectivity index (χ3n) is 2.98. The van der Waals surface area contributed by atoms with E-state index in [1.807, 2.05) is 5.43 Å². The van der Waals surface area contributed by atoms with Gasteiger partial charge < -0.3 is 15.4 Å². The van der Waals surface area contributed by atoms with Crippen molar-refractivity contribution in [3.63, 3.8) is 0 Å². The van der Waals surface area contributed by atoms with Crippen LogP contribution in [0.25, 0.3) is 0 Å². The maximum atomic E-state index is 12.9. The van der Waals surface area contributed by atoms with Crippen LogP contribution in [0.1, 0.15) is 29.3 Å². The summed E-state index contributed by atoms with van der Waals surface area (Å²) in [6, 6.07) is 3.18. The summed E-state index contributed by atoms with van der Waals surface area (Å²) in [4.78, 5) is 13.6. The number of carbonyl (C=O) groups excluding carboxylic acids is 1. The zero-order chi connectivity index (χ0) is 16.0. The van der Waals surface area contributed by atoms with Crippen molar-refractivity contribution in [3.05, 3.63) is 29.3 Å². The van der Waals surface area contributed by atoms with Crippen LogP contribution in [0.15, 0.2) is 18.2 Å².